The summed E-state index contributed by atoms with van der Waals surface area (Å²) in [4.78, 5) is 26.8. The summed E-state index contributed by atoms with van der Waals surface area (Å²) < 4.78 is 7.40. The highest BCUT2D eigenvalue weighted by Gasteiger charge is 2.25. The van der Waals surface area contributed by atoms with E-state index in [2.05, 4.69) is 10.2 Å². The minimum absolute atomic E-state index is 0.0227. The second kappa shape index (κ2) is 8.19. The van der Waals surface area contributed by atoms with Crippen LogP contribution < -0.4 is 9.64 Å². The lowest BCUT2D eigenvalue weighted by Crippen LogP contribution is -2.25. The van der Waals surface area contributed by atoms with Crippen molar-refractivity contribution in [1.29, 1.82) is 0 Å². The maximum atomic E-state index is 13.3. The van der Waals surface area contributed by atoms with Gasteiger partial charge in [0.1, 0.15) is 5.75 Å². The highest BCUT2D eigenvalue weighted by Crippen LogP contribution is 2.33. The van der Waals surface area contributed by atoms with E-state index in [-0.39, 0.29) is 16.9 Å². The van der Waals surface area contributed by atoms with Gasteiger partial charge in [-0.15, -0.1) is 10.2 Å². The van der Waals surface area contributed by atoms with E-state index < -0.39 is 0 Å². The van der Waals surface area contributed by atoms with Gasteiger partial charge in [-0.05, 0) is 67.8 Å². The van der Waals surface area contributed by atoms with Crippen LogP contribution in [0.4, 0.5) is 5.69 Å². The number of carbonyl (C=O) groups is 2. The Morgan fingerprint density at radius 1 is 1.12 bits per heavy atom. The lowest BCUT2D eigenvalue weighted by atomic mass is 10.0. The van der Waals surface area contributed by atoms with Crippen molar-refractivity contribution < 1.29 is 14.3 Å². The topological polar surface area (TPSA) is 76.8 Å². The number of amides is 1. The molecule has 168 valence electrons. The van der Waals surface area contributed by atoms with E-state index in [9.17, 15) is 9.59 Å². The SMILES string of the molecule is COc1ccc2c(C)cc3nnc(SC(C)C(=O)c4ccc5c(c4)CCN5C(C)=O)n3c2c1. The van der Waals surface area contributed by atoms with Crippen molar-refractivity contribution in [2.24, 2.45) is 0 Å². The smallest absolute Gasteiger partial charge is 0.223 e. The van der Waals surface area contributed by atoms with E-state index in [1.54, 1.807) is 18.9 Å². The third kappa shape index (κ3) is 3.64. The molecule has 0 bridgehead atoms. The number of rotatable bonds is 5. The van der Waals surface area contributed by atoms with Crippen molar-refractivity contribution in [1.82, 2.24) is 14.6 Å². The van der Waals surface area contributed by atoms with Crippen LogP contribution in [0, 0.1) is 6.92 Å². The van der Waals surface area contributed by atoms with Crippen LogP contribution in [0.5, 0.6) is 5.75 Å². The molecule has 0 N–H and O–H groups in total. The summed E-state index contributed by atoms with van der Waals surface area (Å²) >= 11 is 1.39. The molecule has 2 aromatic heterocycles. The molecular weight excluding hydrogens is 436 g/mol. The maximum absolute atomic E-state index is 13.3. The monoisotopic (exact) mass is 460 g/mol. The average molecular weight is 461 g/mol. The summed E-state index contributed by atoms with van der Waals surface area (Å²) in [5.41, 5.74) is 5.37. The van der Waals surface area contributed by atoms with Crippen LogP contribution in [-0.2, 0) is 11.2 Å². The Labute approximate surface area is 195 Å². The van der Waals surface area contributed by atoms with Crippen LogP contribution in [0.25, 0.3) is 16.6 Å². The number of aryl methyl sites for hydroxylation is 1. The van der Waals surface area contributed by atoms with Gasteiger partial charge >= 0.3 is 0 Å². The molecule has 1 atom stereocenters. The molecule has 5 rings (SSSR count). The Morgan fingerprint density at radius 2 is 1.94 bits per heavy atom. The molecular formula is C25H24N4O3S. The first-order chi connectivity index (χ1) is 15.9. The van der Waals surface area contributed by atoms with Crippen LogP contribution in [0.3, 0.4) is 0 Å². The molecule has 8 heteroatoms. The molecule has 2 aromatic carbocycles. The van der Waals surface area contributed by atoms with Gasteiger partial charge in [0.15, 0.2) is 16.6 Å². The zero-order chi connectivity index (χ0) is 23.3. The largest absolute Gasteiger partial charge is 0.497 e. The summed E-state index contributed by atoms with van der Waals surface area (Å²) in [6, 6.07) is 13.5. The predicted molar refractivity (Wildman–Crippen MR) is 130 cm³/mol. The molecule has 7 nitrogen and oxygen atoms in total. The fourth-order valence-corrected chi connectivity index (χ4v) is 5.38. The second-order valence-electron chi connectivity index (χ2n) is 8.28. The van der Waals surface area contributed by atoms with Crippen molar-refractivity contribution in [2.45, 2.75) is 37.6 Å². The van der Waals surface area contributed by atoms with Gasteiger partial charge in [0, 0.05) is 36.2 Å². The first kappa shape index (κ1) is 21.5. The number of nitrogens with zero attached hydrogens (tertiary/aromatic N) is 4. The maximum Gasteiger partial charge on any atom is 0.223 e. The van der Waals surface area contributed by atoms with Crippen LogP contribution in [0.2, 0.25) is 0 Å². The molecule has 1 aliphatic heterocycles. The first-order valence-electron chi connectivity index (χ1n) is 10.8. The molecule has 33 heavy (non-hydrogen) atoms. The minimum Gasteiger partial charge on any atom is -0.497 e. The fourth-order valence-electron chi connectivity index (χ4n) is 4.43. The molecule has 0 spiro atoms. The summed E-state index contributed by atoms with van der Waals surface area (Å²) in [6.07, 6.45) is 0.763. The van der Waals surface area contributed by atoms with Crippen LogP contribution >= 0.6 is 11.8 Å². The highest BCUT2D eigenvalue weighted by molar-refractivity contribution is 8.00. The first-order valence-corrected chi connectivity index (χ1v) is 11.7. The third-order valence-electron chi connectivity index (χ3n) is 6.17. The number of methoxy groups -OCH3 is 1. The average Bonchev–Trinajstić information content (AvgIpc) is 3.42. The van der Waals surface area contributed by atoms with E-state index in [0.29, 0.717) is 17.3 Å². The van der Waals surface area contributed by atoms with Crippen molar-refractivity contribution in [3.05, 3.63) is 59.2 Å². The van der Waals surface area contributed by atoms with Gasteiger partial charge in [0.2, 0.25) is 5.91 Å². The summed E-state index contributed by atoms with van der Waals surface area (Å²) in [5, 5.41) is 10.1. The Bertz CT molecular complexity index is 1430. The molecule has 1 unspecified atom stereocenters. The number of ketones is 1. The number of anilines is 1. The Kier molecular flexibility index (Phi) is 5.32. The number of carbonyl (C=O) groups excluding carboxylic acids is 2. The molecule has 0 fully saturated rings. The number of pyridine rings is 1. The van der Waals surface area contributed by atoms with Gasteiger partial charge in [-0.25, -0.2) is 0 Å². The van der Waals surface area contributed by atoms with Gasteiger partial charge in [0.25, 0.3) is 0 Å². The molecule has 0 aliphatic carbocycles. The van der Waals surface area contributed by atoms with Gasteiger partial charge in [-0.2, -0.15) is 0 Å². The van der Waals surface area contributed by atoms with Crippen LogP contribution in [0.15, 0.2) is 47.6 Å². The molecule has 0 saturated heterocycles. The van der Waals surface area contributed by atoms with Crippen LogP contribution in [0.1, 0.15) is 35.3 Å². The zero-order valence-corrected chi connectivity index (χ0v) is 19.8. The second-order valence-corrected chi connectivity index (χ2v) is 9.58. The summed E-state index contributed by atoms with van der Waals surface area (Å²) in [7, 11) is 1.64. The Balaban J connectivity index is 1.47. The Hall–Kier alpha value is -3.39. The van der Waals surface area contributed by atoms with Gasteiger partial charge in [-0.3, -0.25) is 14.0 Å². The quantitative estimate of drug-likeness (QED) is 0.323. The molecule has 0 radical (unpaired) electrons. The van der Waals surface area contributed by atoms with E-state index in [0.717, 1.165) is 45.5 Å². The number of hydrogen-bond donors (Lipinski definition) is 0. The number of benzene rings is 2. The molecule has 4 aromatic rings. The van der Waals surface area contributed by atoms with E-state index >= 15 is 0 Å². The number of Topliss-reactive ketones (excluding diaryl/α,β-unsaturated/α-hetero) is 1. The van der Waals surface area contributed by atoms with Crippen molar-refractivity contribution in [3.8, 4) is 5.75 Å². The van der Waals surface area contributed by atoms with E-state index in [4.69, 9.17) is 4.74 Å². The lowest BCUT2D eigenvalue weighted by molar-refractivity contribution is -0.116. The molecule has 1 amide bonds. The third-order valence-corrected chi connectivity index (χ3v) is 7.21. The normalized spacial score (nSPS) is 14.0. The van der Waals surface area contributed by atoms with Crippen LogP contribution in [-0.4, -0.2) is 45.2 Å². The molecule has 3 heterocycles. The number of ether oxygens (including phenoxy) is 1. The number of thioether (sulfide) groups is 1. The predicted octanol–water partition coefficient (Wildman–Crippen LogP) is 4.47. The fraction of sp³-hybridized carbons (Fsp3) is 0.280. The van der Waals surface area contributed by atoms with Crippen molar-refractivity contribution in [2.75, 3.05) is 18.6 Å². The molecule has 0 saturated carbocycles. The number of fused-ring (bicyclic) bond motifs is 4. The standard InChI is InChI=1S/C25H24N4O3S/c1-14-11-23-26-27-25(29(23)22-13-19(32-4)6-7-20(14)22)33-15(2)24(31)18-5-8-21-17(12-18)9-10-28(21)16(3)30/h5-8,11-13,15H,9-10H2,1-4H3. The summed E-state index contributed by atoms with van der Waals surface area (Å²) in [5.74, 6) is 0.797. The van der Waals surface area contributed by atoms with Gasteiger partial charge < -0.3 is 9.64 Å². The minimum atomic E-state index is -0.359. The van der Waals surface area contributed by atoms with E-state index in [1.807, 2.05) is 60.7 Å². The van der Waals surface area contributed by atoms with Gasteiger partial charge in [0.05, 0.1) is 17.9 Å². The number of hydrogen-bond acceptors (Lipinski definition) is 6. The van der Waals surface area contributed by atoms with Gasteiger partial charge in [-0.1, -0.05) is 11.8 Å². The van der Waals surface area contributed by atoms with Crippen molar-refractivity contribution in [3.63, 3.8) is 0 Å². The number of aromatic nitrogens is 3. The zero-order valence-electron chi connectivity index (χ0n) is 19.0. The van der Waals surface area contributed by atoms with E-state index in [1.165, 1.54) is 11.8 Å². The Morgan fingerprint density at radius 3 is 2.70 bits per heavy atom. The molecule has 1 aliphatic rings. The van der Waals surface area contributed by atoms with Crippen molar-refractivity contribution >= 4 is 45.7 Å². The highest BCUT2D eigenvalue weighted by atomic mass is 32.2. The summed E-state index contributed by atoms with van der Waals surface area (Å²) in [6.45, 7) is 6.16. The lowest BCUT2D eigenvalue weighted by Gasteiger charge is -2.15.